The Balaban J connectivity index is 1.36. The number of rotatable bonds is 5. The molecule has 0 saturated heterocycles. The van der Waals surface area contributed by atoms with Crippen molar-refractivity contribution < 1.29 is 4.79 Å². The molecule has 0 atom stereocenters. The van der Waals surface area contributed by atoms with Crippen LogP contribution >= 0.6 is 23.1 Å². The van der Waals surface area contributed by atoms with Gasteiger partial charge in [-0.3, -0.25) is 10.1 Å². The van der Waals surface area contributed by atoms with Crippen LogP contribution in [0.3, 0.4) is 0 Å². The Bertz CT molecular complexity index is 1010. The third kappa shape index (κ3) is 4.45. The van der Waals surface area contributed by atoms with Gasteiger partial charge in [0.15, 0.2) is 4.34 Å². The number of nitrogens with one attached hydrogen (secondary N) is 3. The predicted octanol–water partition coefficient (Wildman–Crippen LogP) is 3.13. The summed E-state index contributed by atoms with van der Waals surface area (Å²) in [7, 11) is 0. The molecular formula is C17H18N6O2S2. The van der Waals surface area contributed by atoms with Crippen LogP contribution in [-0.2, 0) is 5.75 Å². The maximum Gasteiger partial charge on any atom is 0.321 e. The van der Waals surface area contributed by atoms with Crippen LogP contribution in [0.15, 0.2) is 33.4 Å². The molecule has 4 rings (SSSR count). The number of aromatic amines is 1. The van der Waals surface area contributed by atoms with E-state index in [9.17, 15) is 9.59 Å². The second-order valence-corrected chi connectivity index (χ2v) is 8.47. The minimum Gasteiger partial charge on any atom is -0.335 e. The molecule has 2 heterocycles. The number of nitrogens with zero attached hydrogens (tertiary/aromatic N) is 3. The lowest BCUT2D eigenvalue weighted by Gasteiger charge is -2.11. The molecule has 140 valence electrons. The van der Waals surface area contributed by atoms with E-state index in [1.165, 1.54) is 23.1 Å². The predicted molar refractivity (Wildman–Crippen MR) is 106 cm³/mol. The van der Waals surface area contributed by atoms with Crippen molar-refractivity contribution in [1.29, 1.82) is 0 Å². The zero-order chi connectivity index (χ0) is 18.6. The van der Waals surface area contributed by atoms with Gasteiger partial charge in [-0.25, -0.2) is 9.78 Å². The molecule has 1 aromatic carbocycles. The lowest BCUT2D eigenvalue weighted by molar-refractivity contribution is 0.248. The topological polar surface area (TPSA) is 113 Å². The highest BCUT2D eigenvalue weighted by atomic mass is 32.2. The van der Waals surface area contributed by atoms with Crippen LogP contribution in [0.4, 0.5) is 9.93 Å². The molecule has 3 N–H and O–H groups in total. The number of aromatic nitrogens is 4. The first-order chi connectivity index (χ1) is 13.2. The number of anilines is 1. The van der Waals surface area contributed by atoms with E-state index in [2.05, 4.69) is 30.8 Å². The van der Waals surface area contributed by atoms with Crippen LogP contribution < -0.4 is 16.2 Å². The van der Waals surface area contributed by atoms with Crippen LogP contribution in [0.5, 0.6) is 0 Å². The van der Waals surface area contributed by atoms with Crippen LogP contribution in [0.1, 0.15) is 31.4 Å². The highest BCUT2D eigenvalue weighted by Gasteiger charge is 2.18. The molecule has 0 aliphatic heterocycles. The van der Waals surface area contributed by atoms with Crippen molar-refractivity contribution in [3.05, 3.63) is 40.3 Å². The lowest BCUT2D eigenvalue weighted by atomic mass is 10.3. The number of benzene rings is 1. The standard InChI is InChI=1S/C17H18N6O2S2/c24-14-13(19-11-7-3-4-8-12(11)20-14)9-26-17-23-22-16(27-17)21-15(25)18-10-5-1-2-6-10/h3-4,7-8,10H,1-2,5-6,9H2,(H,20,24)(H2,18,21,22,25). The lowest BCUT2D eigenvalue weighted by Crippen LogP contribution is -2.36. The Hall–Kier alpha value is -2.46. The summed E-state index contributed by atoms with van der Waals surface area (Å²) in [5, 5.41) is 14.1. The molecule has 27 heavy (non-hydrogen) atoms. The van der Waals surface area contributed by atoms with E-state index in [0.717, 1.165) is 31.2 Å². The fraction of sp³-hybridized carbons (Fsp3) is 0.353. The van der Waals surface area contributed by atoms with Gasteiger partial charge in [-0.15, -0.1) is 10.2 Å². The molecule has 0 unspecified atom stereocenters. The molecule has 0 spiro atoms. The number of thioether (sulfide) groups is 1. The van der Waals surface area contributed by atoms with Crippen LogP contribution in [0.2, 0.25) is 0 Å². The van der Waals surface area contributed by atoms with Crippen molar-refractivity contribution in [2.24, 2.45) is 0 Å². The molecule has 1 aliphatic rings. The summed E-state index contributed by atoms with van der Waals surface area (Å²) < 4.78 is 0.667. The molecule has 2 amide bonds. The molecule has 1 fully saturated rings. The van der Waals surface area contributed by atoms with Crippen molar-refractivity contribution in [2.75, 3.05) is 5.32 Å². The number of carbonyl (C=O) groups is 1. The fourth-order valence-corrected chi connectivity index (χ4v) is 4.68. The number of para-hydroxylation sites is 2. The molecular weight excluding hydrogens is 384 g/mol. The number of H-pyrrole nitrogens is 1. The van der Waals surface area contributed by atoms with Crippen molar-refractivity contribution in [1.82, 2.24) is 25.5 Å². The molecule has 3 aromatic rings. The average molecular weight is 403 g/mol. The monoisotopic (exact) mass is 402 g/mol. The second kappa shape index (κ2) is 8.05. The van der Waals surface area contributed by atoms with E-state index in [1.54, 1.807) is 0 Å². The van der Waals surface area contributed by atoms with Gasteiger partial charge in [-0.1, -0.05) is 48.1 Å². The minimum atomic E-state index is -0.248. The largest absolute Gasteiger partial charge is 0.335 e. The summed E-state index contributed by atoms with van der Waals surface area (Å²) in [6.45, 7) is 0. The molecule has 2 aromatic heterocycles. The first-order valence-corrected chi connectivity index (χ1v) is 10.5. The van der Waals surface area contributed by atoms with Gasteiger partial charge < -0.3 is 10.3 Å². The third-order valence-electron chi connectivity index (χ3n) is 4.32. The van der Waals surface area contributed by atoms with Gasteiger partial charge in [-0.05, 0) is 25.0 Å². The zero-order valence-corrected chi connectivity index (χ0v) is 16.0. The van der Waals surface area contributed by atoms with E-state index in [0.29, 0.717) is 26.4 Å². The molecule has 1 aliphatic carbocycles. The van der Waals surface area contributed by atoms with Gasteiger partial charge in [0.1, 0.15) is 5.69 Å². The summed E-state index contributed by atoms with van der Waals surface area (Å²) in [5.74, 6) is 0.378. The van der Waals surface area contributed by atoms with Gasteiger partial charge in [-0.2, -0.15) is 0 Å². The zero-order valence-electron chi connectivity index (χ0n) is 14.4. The van der Waals surface area contributed by atoms with Gasteiger partial charge in [0.2, 0.25) is 5.13 Å². The SMILES string of the molecule is O=C(Nc1nnc(SCc2nc3ccccc3[nH]c2=O)s1)NC1CCCC1. The van der Waals surface area contributed by atoms with E-state index in [4.69, 9.17) is 0 Å². The Labute approximate surface area is 163 Å². The van der Waals surface area contributed by atoms with Crippen molar-refractivity contribution >= 4 is 45.3 Å². The van der Waals surface area contributed by atoms with E-state index >= 15 is 0 Å². The minimum absolute atomic E-state index is 0.208. The Morgan fingerprint density at radius 2 is 2.07 bits per heavy atom. The van der Waals surface area contributed by atoms with Gasteiger partial charge in [0.25, 0.3) is 5.56 Å². The maximum atomic E-state index is 12.1. The highest BCUT2D eigenvalue weighted by Crippen LogP contribution is 2.27. The molecule has 0 bridgehead atoms. The van der Waals surface area contributed by atoms with Gasteiger partial charge >= 0.3 is 6.03 Å². The van der Waals surface area contributed by atoms with Crippen molar-refractivity contribution in [3.63, 3.8) is 0 Å². The fourth-order valence-electron chi connectivity index (χ4n) is 3.00. The van der Waals surface area contributed by atoms with E-state index < -0.39 is 0 Å². The number of amides is 2. The Morgan fingerprint density at radius 3 is 2.93 bits per heavy atom. The quantitative estimate of drug-likeness (QED) is 0.446. The molecule has 8 nitrogen and oxygen atoms in total. The highest BCUT2D eigenvalue weighted by molar-refractivity contribution is 8.00. The smallest absolute Gasteiger partial charge is 0.321 e. The third-order valence-corrected chi connectivity index (χ3v) is 6.30. The first-order valence-electron chi connectivity index (χ1n) is 8.69. The number of fused-ring (bicyclic) bond motifs is 1. The summed E-state index contributed by atoms with van der Waals surface area (Å²) in [5.41, 5.74) is 1.69. The van der Waals surface area contributed by atoms with Crippen molar-refractivity contribution in [3.8, 4) is 0 Å². The Morgan fingerprint density at radius 1 is 1.26 bits per heavy atom. The average Bonchev–Trinajstić information content (AvgIpc) is 3.32. The number of urea groups is 1. The summed E-state index contributed by atoms with van der Waals surface area (Å²) in [4.78, 5) is 31.4. The second-order valence-electron chi connectivity index (χ2n) is 6.27. The normalized spacial score (nSPS) is 14.5. The number of hydrogen-bond donors (Lipinski definition) is 3. The summed E-state index contributed by atoms with van der Waals surface area (Å²) in [6.07, 6.45) is 4.37. The van der Waals surface area contributed by atoms with Crippen LogP contribution in [-0.4, -0.2) is 32.2 Å². The maximum absolute atomic E-state index is 12.1. The number of carbonyl (C=O) groups excluding carboxylic acids is 1. The van der Waals surface area contributed by atoms with Crippen molar-refractivity contribution in [2.45, 2.75) is 41.8 Å². The summed E-state index contributed by atoms with van der Waals surface area (Å²) >= 11 is 2.64. The van der Waals surface area contributed by atoms with E-state index in [1.807, 2.05) is 24.3 Å². The first kappa shape index (κ1) is 17.9. The van der Waals surface area contributed by atoms with Gasteiger partial charge in [0.05, 0.1) is 11.0 Å². The molecule has 0 radical (unpaired) electrons. The van der Waals surface area contributed by atoms with Crippen LogP contribution in [0.25, 0.3) is 11.0 Å². The summed E-state index contributed by atoms with van der Waals surface area (Å²) in [6, 6.07) is 7.41. The molecule has 10 heteroatoms. The van der Waals surface area contributed by atoms with Crippen LogP contribution in [0, 0.1) is 0 Å². The number of hydrogen-bond acceptors (Lipinski definition) is 7. The Kier molecular flexibility index (Phi) is 5.35. The molecule has 1 saturated carbocycles. The van der Waals surface area contributed by atoms with E-state index in [-0.39, 0.29) is 17.6 Å². The van der Waals surface area contributed by atoms with Gasteiger partial charge in [0, 0.05) is 11.8 Å².